The number of aromatic nitrogens is 1. The molecule has 2 aromatic carbocycles. The third-order valence-electron chi connectivity index (χ3n) is 5.30. The monoisotopic (exact) mass is 374 g/mol. The highest BCUT2D eigenvalue weighted by atomic mass is 32.1. The number of hydrogen-bond donors (Lipinski definition) is 2. The van der Waals surface area contributed by atoms with Gasteiger partial charge in [0.2, 0.25) is 0 Å². The van der Waals surface area contributed by atoms with Crippen molar-refractivity contribution in [3.8, 4) is 0 Å². The molecule has 1 aliphatic rings. The van der Waals surface area contributed by atoms with E-state index in [-0.39, 0.29) is 17.5 Å². The molecular formula is C22H18N2O2S. The van der Waals surface area contributed by atoms with Crippen molar-refractivity contribution in [1.82, 2.24) is 10.3 Å². The molecule has 0 saturated carbocycles. The first-order valence-corrected chi connectivity index (χ1v) is 9.95. The van der Waals surface area contributed by atoms with Crippen LogP contribution in [-0.2, 0) is 6.42 Å². The normalized spacial score (nSPS) is 16.4. The highest BCUT2D eigenvalue weighted by Gasteiger charge is 2.23. The molecule has 0 spiro atoms. The van der Waals surface area contributed by atoms with Crippen LogP contribution in [0.15, 0.2) is 59.4 Å². The quantitative estimate of drug-likeness (QED) is 0.541. The Morgan fingerprint density at radius 2 is 1.89 bits per heavy atom. The van der Waals surface area contributed by atoms with Gasteiger partial charge in [-0.15, -0.1) is 11.3 Å². The molecule has 1 amide bonds. The summed E-state index contributed by atoms with van der Waals surface area (Å²) in [4.78, 5) is 28.8. The van der Waals surface area contributed by atoms with E-state index in [1.165, 1.54) is 22.5 Å². The van der Waals surface area contributed by atoms with E-state index in [9.17, 15) is 9.59 Å². The Kier molecular flexibility index (Phi) is 3.83. The standard InChI is InChI=1S/C22H18N2O2S/c25-21-16-12-19(27-20(16)15-9-3-4-10-18(15)23-21)22(26)24-17-11-5-7-13-6-1-2-8-14(13)17/h1-4,6,8-10,12,17H,5,7,11H2,(H,23,25)(H,24,26). The minimum atomic E-state index is -0.151. The Morgan fingerprint density at radius 3 is 2.81 bits per heavy atom. The van der Waals surface area contributed by atoms with E-state index in [0.717, 1.165) is 34.9 Å². The molecule has 27 heavy (non-hydrogen) atoms. The second kappa shape index (κ2) is 6.35. The number of aromatic amines is 1. The number of pyridine rings is 1. The van der Waals surface area contributed by atoms with Crippen LogP contribution in [0.4, 0.5) is 0 Å². The second-order valence-electron chi connectivity index (χ2n) is 6.97. The lowest BCUT2D eigenvalue weighted by atomic mass is 9.88. The fourth-order valence-electron chi connectivity index (χ4n) is 3.98. The topological polar surface area (TPSA) is 62.0 Å². The van der Waals surface area contributed by atoms with Gasteiger partial charge in [-0.05, 0) is 42.5 Å². The predicted molar refractivity (Wildman–Crippen MR) is 110 cm³/mol. The maximum absolute atomic E-state index is 12.9. The third kappa shape index (κ3) is 2.75. The van der Waals surface area contributed by atoms with Crippen molar-refractivity contribution in [2.45, 2.75) is 25.3 Å². The predicted octanol–water partition coefficient (Wildman–Crippen LogP) is 4.55. The van der Waals surface area contributed by atoms with Crippen LogP contribution in [0.1, 0.15) is 39.7 Å². The van der Waals surface area contributed by atoms with E-state index in [1.54, 1.807) is 6.07 Å². The number of carbonyl (C=O) groups is 1. The fraction of sp³-hybridized carbons (Fsp3) is 0.182. The lowest BCUT2D eigenvalue weighted by molar-refractivity contribution is 0.0937. The maximum atomic E-state index is 12.9. The first-order valence-electron chi connectivity index (χ1n) is 9.14. The van der Waals surface area contributed by atoms with Crippen LogP contribution in [-0.4, -0.2) is 10.9 Å². The molecule has 2 heterocycles. The van der Waals surface area contributed by atoms with Gasteiger partial charge in [-0.2, -0.15) is 0 Å². The number of para-hydroxylation sites is 1. The number of amides is 1. The minimum absolute atomic E-state index is 0.0303. The maximum Gasteiger partial charge on any atom is 0.261 e. The van der Waals surface area contributed by atoms with Crippen LogP contribution in [0, 0.1) is 0 Å². The smallest absolute Gasteiger partial charge is 0.261 e. The van der Waals surface area contributed by atoms with Crippen molar-refractivity contribution in [3.05, 3.63) is 81.0 Å². The van der Waals surface area contributed by atoms with Crippen molar-refractivity contribution >= 4 is 38.2 Å². The molecule has 5 rings (SSSR count). The van der Waals surface area contributed by atoms with Gasteiger partial charge in [-0.25, -0.2) is 0 Å². The zero-order chi connectivity index (χ0) is 18.4. The fourth-order valence-corrected chi connectivity index (χ4v) is 5.08. The van der Waals surface area contributed by atoms with Crippen LogP contribution in [0.5, 0.6) is 0 Å². The molecule has 0 bridgehead atoms. The average molecular weight is 374 g/mol. The number of rotatable bonds is 2. The van der Waals surface area contributed by atoms with Crippen molar-refractivity contribution < 1.29 is 4.79 Å². The molecule has 134 valence electrons. The molecule has 0 radical (unpaired) electrons. The SMILES string of the molecule is O=C(NC1CCCc2ccccc21)c1cc2c(=O)[nH]c3ccccc3c2s1. The van der Waals surface area contributed by atoms with Gasteiger partial charge in [0.15, 0.2) is 0 Å². The molecule has 1 unspecified atom stereocenters. The highest BCUT2D eigenvalue weighted by Crippen LogP contribution is 2.32. The molecule has 0 aliphatic heterocycles. The zero-order valence-corrected chi connectivity index (χ0v) is 15.4. The van der Waals surface area contributed by atoms with Crippen LogP contribution in [0.3, 0.4) is 0 Å². The van der Waals surface area contributed by atoms with Crippen molar-refractivity contribution in [2.24, 2.45) is 0 Å². The van der Waals surface area contributed by atoms with E-state index in [2.05, 4.69) is 22.4 Å². The number of hydrogen-bond acceptors (Lipinski definition) is 3. The molecule has 0 saturated heterocycles. The van der Waals surface area contributed by atoms with Crippen molar-refractivity contribution in [1.29, 1.82) is 0 Å². The molecule has 2 N–H and O–H groups in total. The number of fused-ring (bicyclic) bond motifs is 4. The third-order valence-corrected chi connectivity index (χ3v) is 6.46. The van der Waals surface area contributed by atoms with Gasteiger partial charge >= 0.3 is 0 Å². The molecule has 4 nitrogen and oxygen atoms in total. The Hall–Kier alpha value is -2.92. The first-order chi connectivity index (χ1) is 13.2. The molecule has 1 aliphatic carbocycles. The Balaban J connectivity index is 1.53. The highest BCUT2D eigenvalue weighted by molar-refractivity contribution is 7.21. The molecular weight excluding hydrogens is 356 g/mol. The Morgan fingerprint density at radius 1 is 1.07 bits per heavy atom. The van der Waals surface area contributed by atoms with Gasteiger partial charge in [-0.3, -0.25) is 9.59 Å². The van der Waals surface area contributed by atoms with Crippen molar-refractivity contribution in [2.75, 3.05) is 0 Å². The minimum Gasteiger partial charge on any atom is -0.345 e. The summed E-state index contributed by atoms with van der Waals surface area (Å²) in [5, 5.41) is 4.73. The number of H-pyrrole nitrogens is 1. The van der Waals surface area contributed by atoms with E-state index >= 15 is 0 Å². The van der Waals surface area contributed by atoms with Crippen LogP contribution < -0.4 is 10.9 Å². The summed E-state index contributed by atoms with van der Waals surface area (Å²) in [5.74, 6) is -0.110. The number of thiophene rings is 1. The summed E-state index contributed by atoms with van der Waals surface area (Å²) in [5.41, 5.74) is 3.17. The van der Waals surface area contributed by atoms with Gasteiger partial charge in [0, 0.05) is 15.6 Å². The van der Waals surface area contributed by atoms with E-state index < -0.39 is 0 Å². The number of benzene rings is 2. The van der Waals surface area contributed by atoms with Gasteiger partial charge in [0.1, 0.15) is 0 Å². The lowest BCUT2D eigenvalue weighted by Gasteiger charge is -2.26. The zero-order valence-electron chi connectivity index (χ0n) is 14.6. The van der Waals surface area contributed by atoms with Crippen LogP contribution in [0.2, 0.25) is 0 Å². The summed E-state index contributed by atoms with van der Waals surface area (Å²) in [6, 6.07) is 17.8. The molecule has 1 atom stereocenters. The number of carbonyl (C=O) groups excluding carboxylic acids is 1. The Bertz CT molecular complexity index is 1240. The molecule has 2 aromatic heterocycles. The van der Waals surface area contributed by atoms with Gasteiger partial charge in [0.25, 0.3) is 11.5 Å². The summed E-state index contributed by atoms with van der Waals surface area (Å²) < 4.78 is 0.864. The first kappa shape index (κ1) is 16.3. The van der Waals surface area contributed by atoms with Crippen LogP contribution >= 0.6 is 11.3 Å². The lowest BCUT2D eigenvalue weighted by Crippen LogP contribution is -2.30. The van der Waals surface area contributed by atoms with Gasteiger partial charge in [0.05, 0.1) is 16.3 Å². The van der Waals surface area contributed by atoms with E-state index in [0.29, 0.717) is 10.3 Å². The summed E-state index contributed by atoms with van der Waals surface area (Å²) in [6.45, 7) is 0. The number of aryl methyl sites for hydroxylation is 1. The summed E-state index contributed by atoms with van der Waals surface area (Å²) in [6.07, 6.45) is 3.07. The van der Waals surface area contributed by atoms with Gasteiger partial charge < -0.3 is 10.3 Å². The van der Waals surface area contributed by atoms with E-state index in [4.69, 9.17) is 0 Å². The Labute approximate surface area is 159 Å². The molecule has 0 fully saturated rings. The van der Waals surface area contributed by atoms with E-state index in [1.807, 2.05) is 36.4 Å². The summed E-state index contributed by atoms with van der Waals surface area (Å²) in [7, 11) is 0. The second-order valence-corrected chi connectivity index (χ2v) is 8.02. The molecule has 4 aromatic rings. The van der Waals surface area contributed by atoms with Crippen molar-refractivity contribution in [3.63, 3.8) is 0 Å². The van der Waals surface area contributed by atoms with Crippen LogP contribution in [0.25, 0.3) is 21.0 Å². The largest absolute Gasteiger partial charge is 0.345 e. The number of nitrogens with one attached hydrogen (secondary N) is 2. The summed E-state index contributed by atoms with van der Waals surface area (Å²) >= 11 is 1.39. The molecule has 5 heteroatoms. The van der Waals surface area contributed by atoms with Gasteiger partial charge in [-0.1, -0.05) is 42.5 Å². The average Bonchev–Trinajstić information content (AvgIpc) is 3.15.